The molecule has 0 radical (unpaired) electrons. The second-order valence-electron chi connectivity index (χ2n) is 3.57. The van der Waals surface area contributed by atoms with Crippen LogP contribution >= 0.6 is 27.5 Å². The summed E-state index contributed by atoms with van der Waals surface area (Å²) in [5.74, 6) is -0.287. The third-order valence-electron chi connectivity index (χ3n) is 2.27. The second-order valence-corrected chi connectivity index (χ2v) is 4.89. The van der Waals surface area contributed by atoms with E-state index in [4.69, 9.17) is 11.6 Å². The molecule has 2 rings (SSSR count). The molecule has 5 heteroatoms. The minimum absolute atomic E-state index is 0.287. The van der Waals surface area contributed by atoms with E-state index in [1.807, 2.05) is 30.3 Å². The molecule has 0 saturated heterocycles. The molecule has 92 valence electrons. The van der Waals surface area contributed by atoms with E-state index in [0.29, 0.717) is 10.6 Å². The van der Waals surface area contributed by atoms with Gasteiger partial charge in [-0.05, 0) is 30.3 Å². The van der Waals surface area contributed by atoms with Crippen LogP contribution in [0.2, 0.25) is 5.02 Å². The van der Waals surface area contributed by atoms with Crippen molar-refractivity contribution >= 4 is 39.1 Å². The third-order valence-corrected chi connectivity index (χ3v) is 3.09. The maximum Gasteiger partial charge on any atom is 0.271 e. The molecular formula is C13H10BrClN2O. The molecule has 0 aliphatic carbocycles. The standard InChI is InChI=1S/C13H10BrClN2O/c14-9-6-7-12(15)11(8-9)13(18)17-16-10-4-2-1-3-5-10/h1-8,16H,(H,17,18). The lowest BCUT2D eigenvalue weighted by molar-refractivity contribution is 0.0963. The van der Waals surface area contributed by atoms with Crippen LogP contribution in [0.15, 0.2) is 53.0 Å². The lowest BCUT2D eigenvalue weighted by Gasteiger charge is -2.09. The summed E-state index contributed by atoms with van der Waals surface area (Å²) in [7, 11) is 0. The molecule has 3 nitrogen and oxygen atoms in total. The van der Waals surface area contributed by atoms with Crippen molar-refractivity contribution < 1.29 is 4.79 Å². The highest BCUT2D eigenvalue weighted by Gasteiger charge is 2.10. The SMILES string of the molecule is O=C(NNc1ccccc1)c1cc(Br)ccc1Cl. The average Bonchev–Trinajstić information content (AvgIpc) is 2.40. The number of hydrazine groups is 1. The lowest BCUT2D eigenvalue weighted by Crippen LogP contribution is -2.29. The van der Waals surface area contributed by atoms with Gasteiger partial charge in [-0.25, -0.2) is 0 Å². The Morgan fingerprint density at radius 3 is 2.56 bits per heavy atom. The van der Waals surface area contributed by atoms with Crippen molar-refractivity contribution in [3.05, 3.63) is 63.6 Å². The average molecular weight is 326 g/mol. The minimum atomic E-state index is -0.287. The molecule has 0 aliphatic heterocycles. The molecule has 0 heterocycles. The second kappa shape index (κ2) is 5.89. The van der Waals surface area contributed by atoms with E-state index in [1.54, 1.807) is 18.2 Å². The molecule has 2 aromatic rings. The first-order valence-electron chi connectivity index (χ1n) is 5.23. The van der Waals surface area contributed by atoms with E-state index in [9.17, 15) is 4.79 Å². The van der Waals surface area contributed by atoms with E-state index in [1.165, 1.54) is 0 Å². The number of hydrogen-bond acceptors (Lipinski definition) is 2. The molecule has 0 fully saturated rings. The van der Waals surface area contributed by atoms with Crippen LogP contribution in [-0.4, -0.2) is 5.91 Å². The zero-order chi connectivity index (χ0) is 13.0. The number of anilines is 1. The third kappa shape index (κ3) is 3.24. The van der Waals surface area contributed by atoms with Gasteiger partial charge in [-0.1, -0.05) is 45.7 Å². The number of benzene rings is 2. The van der Waals surface area contributed by atoms with E-state index in [-0.39, 0.29) is 5.91 Å². The van der Waals surface area contributed by atoms with Crippen LogP contribution in [0.25, 0.3) is 0 Å². The molecule has 0 aromatic heterocycles. The summed E-state index contributed by atoms with van der Waals surface area (Å²) in [6.07, 6.45) is 0. The van der Waals surface area contributed by atoms with Gasteiger partial charge in [0.2, 0.25) is 0 Å². The van der Waals surface area contributed by atoms with Gasteiger partial charge in [0.25, 0.3) is 5.91 Å². The van der Waals surface area contributed by atoms with Crippen LogP contribution in [-0.2, 0) is 0 Å². The molecule has 0 unspecified atom stereocenters. The summed E-state index contributed by atoms with van der Waals surface area (Å²) in [5, 5.41) is 0.408. The van der Waals surface area contributed by atoms with Crippen molar-refractivity contribution in [3.63, 3.8) is 0 Å². The Morgan fingerprint density at radius 2 is 1.83 bits per heavy atom. The van der Waals surface area contributed by atoms with Gasteiger partial charge >= 0.3 is 0 Å². The van der Waals surface area contributed by atoms with Crippen LogP contribution in [0.5, 0.6) is 0 Å². The molecule has 1 amide bonds. The van der Waals surface area contributed by atoms with Gasteiger partial charge < -0.3 is 0 Å². The normalized spacial score (nSPS) is 9.89. The van der Waals surface area contributed by atoms with E-state index in [2.05, 4.69) is 26.8 Å². The highest BCUT2D eigenvalue weighted by molar-refractivity contribution is 9.10. The summed E-state index contributed by atoms with van der Waals surface area (Å²) in [5.41, 5.74) is 6.62. The van der Waals surface area contributed by atoms with Crippen LogP contribution in [0.4, 0.5) is 5.69 Å². The molecule has 0 spiro atoms. The van der Waals surface area contributed by atoms with Gasteiger partial charge in [-0.3, -0.25) is 15.6 Å². The van der Waals surface area contributed by atoms with Gasteiger partial charge in [0, 0.05) is 4.47 Å². The fourth-order valence-electron chi connectivity index (χ4n) is 1.39. The summed E-state index contributed by atoms with van der Waals surface area (Å²) in [6, 6.07) is 14.5. The van der Waals surface area contributed by atoms with Crippen LogP contribution < -0.4 is 10.9 Å². The topological polar surface area (TPSA) is 41.1 Å². The number of carbonyl (C=O) groups excluding carboxylic acids is 1. The molecule has 18 heavy (non-hydrogen) atoms. The van der Waals surface area contributed by atoms with E-state index in [0.717, 1.165) is 10.2 Å². The quantitative estimate of drug-likeness (QED) is 0.841. The minimum Gasteiger partial charge on any atom is -0.298 e. The van der Waals surface area contributed by atoms with Crippen molar-refractivity contribution in [2.45, 2.75) is 0 Å². The van der Waals surface area contributed by atoms with Crippen LogP contribution in [0.1, 0.15) is 10.4 Å². The number of nitrogens with one attached hydrogen (secondary N) is 2. The summed E-state index contributed by atoms with van der Waals surface area (Å²) in [6.45, 7) is 0. The van der Waals surface area contributed by atoms with Gasteiger partial charge in [-0.2, -0.15) is 0 Å². The molecular weight excluding hydrogens is 316 g/mol. The Kier molecular flexibility index (Phi) is 4.23. The largest absolute Gasteiger partial charge is 0.298 e. The first kappa shape index (κ1) is 12.9. The first-order chi connectivity index (χ1) is 8.66. The molecule has 0 atom stereocenters. The number of rotatable bonds is 3. The van der Waals surface area contributed by atoms with Crippen molar-refractivity contribution in [3.8, 4) is 0 Å². The maximum absolute atomic E-state index is 11.9. The molecule has 0 saturated carbocycles. The van der Waals surface area contributed by atoms with Gasteiger partial charge in [-0.15, -0.1) is 0 Å². The Hall–Kier alpha value is -1.52. The zero-order valence-electron chi connectivity index (χ0n) is 9.28. The van der Waals surface area contributed by atoms with Crippen molar-refractivity contribution in [1.29, 1.82) is 0 Å². The van der Waals surface area contributed by atoms with Crippen molar-refractivity contribution in [1.82, 2.24) is 5.43 Å². The predicted molar refractivity (Wildman–Crippen MR) is 76.7 cm³/mol. The number of carbonyl (C=O) groups is 1. The highest BCUT2D eigenvalue weighted by atomic mass is 79.9. The molecule has 0 aliphatic rings. The monoisotopic (exact) mass is 324 g/mol. The number of amides is 1. The smallest absolute Gasteiger partial charge is 0.271 e. The van der Waals surface area contributed by atoms with Gasteiger partial charge in [0.05, 0.1) is 16.3 Å². The number of halogens is 2. The van der Waals surface area contributed by atoms with Gasteiger partial charge in [0.15, 0.2) is 0 Å². The molecule has 2 aromatic carbocycles. The highest BCUT2D eigenvalue weighted by Crippen LogP contribution is 2.20. The first-order valence-corrected chi connectivity index (χ1v) is 6.40. The Balaban J connectivity index is 2.06. The lowest BCUT2D eigenvalue weighted by atomic mass is 10.2. The van der Waals surface area contributed by atoms with Crippen molar-refractivity contribution in [2.24, 2.45) is 0 Å². The summed E-state index contributed by atoms with van der Waals surface area (Å²) < 4.78 is 0.803. The Labute approximate surface area is 118 Å². The van der Waals surface area contributed by atoms with Crippen molar-refractivity contribution in [2.75, 3.05) is 5.43 Å². The number of hydrogen-bond donors (Lipinski definition) is 2. The van der Waals surface area contributed by atoms with E-state index >= 15 is 0 Å². The molecule has 0 bridgehead atoms. The Bertz CT molecular complexity index is 560. The summed E-state index contributed by atoms with van der Waals surface area (Å²) >= 11 is 9.26. The molecule has 2 N–H and O–H groups in total. The number of para-hydroxylation sites is 1. The fraction of sp³-hybridized carbons (Fsp3) is 0. The zero-order valence-corrected chi connectivity index (χ0v) is 11.6. The van der Waals surface area contributed by atoms with E-state index < -0.39 is 0 Å². The van der Waals surface area contributed by atoms with Crippen LogP contribution in [0.3, 0.4) is 0 Å². The van der Waals surface area contributed by atoms with Gasteiger partial charge in [0.1, 0.15) is 0 Å². The predicted octanol–water partition coefficient (Wildman–Crippen LogP) is 3.86. The maximum atomic E-state index is 11.9. The fourth-order valence-corrected chi connectivity index (χ4v) is 1.95. The van der Waals surface area contributed by atoms with Crippen LogP contribution in [0, 0.1) is 0 Å². The Morgan fingerprint density at radius 1 is 1.11 bits per heavy atom. The summed E-state index contributed by atoms with van der Waals surface area (Å²) in [4.78, 5) is 11.9.